The third-order valence-corrected chi connectivity index (χ3v) is 4.33. The van der Waals surface area contributed by atoms with Crippen LogP contribution >= 0.6 is 0 Å². The van der Waals surface area contributed by atoms with E-state index in [-0.39, 0.29) is 0 Å². The second-order valence-corrected chi connectivity index (χ2v) is 5.52. The van der Waals surface area contributed by atoms with Crippen LogP contribution in [-0.2, 0) is 0 Å². The molecule has 0 saturated carbocycles. The number of hydrogen-bond donors (Lipinski definition) is 1. The van der Waals surface area contributed by atoms with Gasteiger partial charge in [0.1, 0.15) is 0 Å². The zero-order chi connectivity index (χ0) is 12.7. The van der Waals surface area contributed by atoms with Crippen LogP contribution in [0, 0.1) is 11.8 Å². The molecule has 19 heavy (non-hydrogen) atoms. The molecule has 0 unspecified atom stereocenters. The molecule has 4 nitrogen and oxygen atoms in total. The highest BCUT2D eigenvalue weighted by Crippen LogP contribution is 2.30. The Hall–Kier alpha value is -1.81. The smallest absolute Gasteiger partial charge is 0.210 e. The Morgan fingerprint density at radius 3 is 2.53 bits per heavy atom. The fourth-order valence-corrected chi connectivity index (χ4v) is 3.34. The van der Waals surface area contributed by atoms with E-state index in [9.17, 15) is 0 Å². The van der Waals surface area contributed by atoms with Crippen molar-refractivity contribution in [1.82, 2.24) is 14.9 Å². The second-order valence-electron chi connectivity index (χ2n) is 5.52. The van der Waals surface area contributed by atoms with Gasteiger partial charge < -0.3 is 10.2 Å². The summed E-state index contributed by atoms with van der Waals surface area (Å²) in [6.45, 7) is 4.57. The summed E-state index contributed by atoms with van der Waals surface area (Å²) in [6, 6.07) is 10.4. The van der Waals surface area contributed by atoms with Crippen LogP contribution in [0.25, 0.3) is 5.69 Å². The topological polar surface area (TPSA) is 33.1 Å². The molecular weight excluding hydrogens is 236 g/mol. The molecule has 0 spiro atoms. The Morgan fingerprint density at radius 1 is 1.05 bits per heavy atom. The molecule has 4 heteroatoms. The fraction of sp³-hybridized carbons (Fsp3) is 0.400. The van der Waals surface area contributed by atoms with Gasteiger partial charge in [-0.2, -0.15) is 0 Å². The van der Waals surface area contributed by atoms with E-state index in [0.29, 0.717) is 0 Å². The van der Waals surface area contributed by atoms with Gasteiger partial charge in [0.15, 0.2) is 0 Å². The van der Waals surface area contributed by atoms with Gasteiger partial charge in [0.05, 0.1) is 0 Å². The molecule has 2 fully saturated rings. The van der Waals surface area contributed by atoms with Crippen LogP contribution in [0.15, 0.2) is 42.7 Å². The molecule has 2 aromatic rings. The van der Waals surface area contributed by atoms with E-state index in [0.717, 1.165) is 44.0 Å². The summed E-state index contributed by atoms with van der Waals surface area (Å²) in [6.07, 6.45) is 3.95. The van der Waals surface area contributed by atoms with Crippen molar-refractivity contribution in [2.45, 2.75) is 0 Å². The maximum atomic E-state index is 4.57. The van der Waals surface area contributed by atoms with Gasteiger partial charge in [-0.05, 0) is 24.0 Å². The monoisotopic (exact) mass is 254 g/mol. The van der Waals surface area contributed by atoms with Crippen LogP contribution in [-0.4, -0.2) is 35.7 Å². The van der Waals surface area contributed by atoms with Crippen molar-refractivity contribution >= 4 is 5.95 Å². The number of anilines is 1. The highest BCUT2D eigenvalue weighted by molar-refractivity contribution is 5.44. The standard InChI is InChI=1S/C15H18N4/c1-2-4-14(5-3-1)19-7-6-17-15(19)18-10-12-8-16-9-13(12)11-18/h1-7,12-13,16H,8-11H2/t12-,13+. The third kappa shape index (κ3) is 1.83. The molecule has 2 aliphatic rings. The van der Waals surface area contributed by atoms with Crippen LogP contribution in [0.4, 0.5) is 5.95 Å². The lowest BCUT2D eigenvalue weighted by molar-refractivity contribution is 0.533. The predicted octanol–water partition coefficient (Wildman–Crippen LogP) is 1.53. The van der Waals surface area contributed by atoms with Crippen molar-refractivity contribution in [3.63, 3.8) is 0 Å². The van der Waals surface area contributed by atoms with Crippen LogP contribution in [0.1, 0.15) is 0 Å². The van der Waals surface area contributed by atoms with Gasteiger partial charge >= 0.3 is 0 Å². The molecule has 2 aliphatic heterocycles. The van der Waals surface area contributed by atoms with Crippen molar-refractivity contribution < 1.29 is 0 Å². The summed E-state index contributed by atoms with van der Waals surface area (Å²) in [4.78, 5) is 7.00. The van der Waals surface area contributed by atoms with Crippen molar-refractivity contribution in [2.75, 3.05) is 31.1 Å². The van der Waals surface area contributed by atoms with Gasteiger partial charge in [0.25, 0.3) is 0 Å². The summed E-state index contributed by atoms with van der Waals surface area (Å²) < 4.78 is 2.19. The van der Waals surface area contributed by atoms with Gasteiger partial charge in [-0.1, -0.05) is 18.2 Å². The Morgan fingerprint density at radius 2 is 1.79 bits per heavy atom. The molecule has 1 aromatic heterocycles. The number of imidazole rings is 1. The number of para-hydroxylation sites is 1. The molecule has 3 heterocycles. The molecule has 2 atom stereocenters. The Kier molecular flexibility index (Phi) is 2.55. The van der Waals surface area contributed by atoms with Crippen LogP contribution in [0.3, 0.4) is 0 Å². The van der Waals surface area contributed by atoms with E-state index in [1.807, 2.05) is 12.3 Å². The minimum Gasteiger partial charge on any atom is -0.341 e. The molecule has 4 rings (SSSR count). The molecule has 1 aromatic carbocycles. The lowest BCUT2D eigenvalue weighted by Crippen LogP contribution is -2.27. The zero-order valence-corrected chi connectivity index (χ0v) is 10.9. The quantitative estimate of drug-likeness (QED) is 0.882. The maximum Gasteiger partial charge on any atom is 0.210 e. The van der Waals surface area contributed by atoms with Gasteiger partial charge in [0.2, 0.25) is 5.95 Å². The molecule has 98 valence electrons. The second kappa shape index (κ2) is 4.38. The van der Waals surface area contributed by atoms with E-state index in [1.54, 1.807) is 0 Å². The summed E-state index contributed by atoms with van der Waals surface area (Å²) in [5, 5.41) is 3.48. The molecule has 1 N–H and O–H groups in total. The average molecular weight is 254 g/mol. The van der Waals surface area contributed by atoms with Gasteiger partial charge in [-0.25, -0.2) is 4.98 Å². The third-order valence-electron chi connectivity index (χ3n) is 4.33. The van der Waals surface area contributed by atoms with E-state index in [4.69, 9.17) is 0 Å². The first-order valence-electron chi connectivity index (χ1n) is 6.96. The van der Waals surface area contributed by atoms with E-state index < -0.39 is 0 Å². The molecule has 2 saturated heterocycles. The Bertz CT molecular complexity index is 551. The first-order valence-corrected chi connectivity index (χ1v) is 6.96. The average Bonchev–Trinajstić information content (AvgIpc) is 3.14. The van der Waals surface area contributed by atoms with Crippen molar-refractivity contribution in [3.05, 3.63) is 42.7 Å². The lowest BCUT2D eigenvalue weighted by Gasteiger charge is -2.20. The number of aromatic nitrogens is 2. The zero-order valence-electron chi connectivity index (χ0n) is 10.9. The fourth-order valence-electron chi connectivity index (χ4n) is 3.34. The summed E-state index contributed by atoms with van der Waals surface area (Å²) in [5.74, 6) is 2.67. The molecule has 0 aliphatic carbocycles. The molecule has 0 radical (unpaired) electrons. The van der Waals surface area contributed by atoms with Crippen LogP contribution in [0.5, 0.6) is 0 Å². The molecule has 0 bridgehead atoms. The lowest BCUT2D eigenvalue weighted by atomic mass is 10.0. The Balaban J connectivity index is 1.65. The van der Waals surface area contributed by atoms with E-state index in [2.05, 4.69) is 50.2 Å². The summed E-state index contributed by atoms with van der Waals surface area (Å²) >= 11 is 0. The maximum absolute atomic E-state index is 4.57. The number of benzene rings is 1. The van der Waals surface area contributed by atoms with E-state index in [1.165, 1.54) is 5.69 Å². The number of nitrogens with one attached hydrogen (secondary N) is 1. The largest absolute Gasteiger partial charge is 0.341 e. The normalized spacial score (nSPS) is 25.8. The van der Waals surface area contributed by atoms with Gasteiger partial charge in [-0.15, -0.1) is 0 Å². The minimum absolute atomic E-state index is 0.793. The van der Waals surface area contributed by atoms with Crippen LogP contribution < -0.4 is 10.2 Å². The van der Waals surface area contributed by atoms with Crippen molar-refractivity contribution in [3.8, 4) is 5.69 Å². The number of nitrogens with zero attached hydrogens (tertiary/aromatic N) is 3. The van der Waals surface area contributed by atoms with E-state index >= 15 is 0 Å². The highest BCUT2D eigenvalue weighted by Gasteiger charge is 2.37. The first-order chi connectivity index (χ1) is 9.42. The number of rotatable bonds is 2. The van der Waals surface area contributed by atoms with Crippen molar-refractivity contribution in [1.29, 1.82) is 0 Å². The predicted molar refractivity (Wildman–Crippen MR) is 75.6 cm³/mol. The first kappa shape index (κ1) is 11.1. The molecule has 0 amide bonds. The SMILES string of the molecule is c1ccc(-n2ccnc2N2C[C@H]3CNC[C@H]3C2)cc1. The highest BCUT2D eigenvalue weighted by atomic mass is 15.3. The van der Waals surface area contributed by atoms with Crippen LogP contribution in [0.2, 0.25) is 0 Å². The number of fused-ring (bicyclic) bond motifs is 1. The van der Waals surface area contributed by atoms with Crippen molar-refractivity contribution in [2.24, 2.45) is 11.8 Å². The Labute approximate surface area is 113 Å². The minimum atomic E-state index is 0.793. The summed E-state index contributed by atoms with van der Waals surface area (Å²) in [7, 11) is 0. The van der Waals surface area contributed by atoms with Gasteiger partial charge in [0, 0.05) is 44.3 Å². The molecular formula is C15H18N4. The number of hydrogen-bond acceptors (Lipinski definition) is 3. The van der Waals surface area contributed by atoms with Gasteiger partial charge in [-0.3, -0.25) is 4.57 Å². The summed E-state index contributed by atoms with van der Waals surface area (Å²) in [5.41, 5.74) is 1.19.